The Balaban J connectivity index is 1.36. The molecule has 3 heterocycles. The Morgan fingerprint density at radius 2 is 2.02 bits per heavy atom. The predicted octanol–water partition coefficient (Wildman–Crippen LogP) is 6.52. The van der Waals surface area contributed by atoms with Gasteiger partial charge in [-0.3, -0.25) is 9.52 Å². The molecule has 1 fully saturated rings. The third-order valence-electron chi connectivity index (χ3n) is 11.6. The number of hydrogen-bond donors (Lipinski definition) is 1. The van der Waals surface area contributed by atoms with E-state index in [-0.39, 0.29) is 28.4 Å². The van der Waals surface area contributed by atoms with Gasteiger partial charge in [0, 0.05) is 53.6 Å². The van der Waals surface area contributed by atoms with Crippen molar-refractivity contribution in [2.24, 2.45) is 17.8 Å². The molecule has 2 aromatic carbocycles. The van der Waals surface area contributed by atoms with Crippen molar-refractivity contribution in [1.82, 2.24) is 14.9 Å². The maximum atomic E-state index is 13.9. The lowest BCUT2D eigenvalue weighted by Gasteiger charge is -2.50. The first-order valence-corrected chi connectivity index (χ1v) is 19.2. The zero-order valence-electron chi connectivity index (χ0n) is 28.0. The standard InChI is InChI=1S/C38H45ClN4O4S/c1-25-8-5-18-38(46-3,35-10-7-19-40-41-35)32-14-11-29(32)22-43-23-37(17-6-9-27-20-30(39)13-15-31(27)37)24-47-34-16-12-28(21-33(34)43)36(44)42-48(4,45)26(25)2/h5,7,10,12-13,15-16,18-21,25-26,29,32H,4,6,8-9,11,14,17,22-24H2,1-3H3,(H,42,44,45)/b18-5+/t25-,26+,29-,32+,37-,38-,48?/m0/s1. The molecule has 0 saturated heterocycles. The van der Waals surface area contributed by atoms with Gasteiger partial charge in [0.2, 0.25) is 0 Å². The summed E-state index contributed by atoms with van der Waals surface area (Å²) in [6.07, 6.45) is 11.6. The number of aryl methyl sites for hydroxylation is 1. The fourth-order valence-electron chi connectivity index (χ4n) is 8.46. The number of hydrogen-bond acceptors (Lipinski definition) is 7. The number of carbonyl (C=O) groups is 1. The summed E-state index contributed by atoms with van der Waals surface area (Å²) in [4.78, 5) is 16.1. The molecular formula is C38H45ClN4O4S. The third kappa shape index (κ3) is 5.81. The molecule has 3 aromatic rings. The Labute approximate surface area is 289 Å². The highest BCUT2D eigenvalue weighted by atomic mass is 35.5. The molecule has 8 nitrogen and oxygen atoms in total. The van der Waals surface area contributed by atoms with Gasteiger partial charge in [-0.2, -0.15) is 10.2 Å². The van der Waals surface area contributed by atoms with E-state index in [0.717, 1.165) is 67.3 Å². The van der Waals surface area contributed by atoms with Gasteiger partial charge < -0.3 is 14.4 Å². The van der Waals surface area contributed by atoms with E-state index >= 15 is 0 Å². The minimum absolute atomic E-state index is 0.0200. The van der Waals surface area contributed by atoms with Gasteiger partial charge >= 0.3 is 0 Å². The Morgan fingerprint density at radius 1 is 1.17 bits per heavy atom. The molecule has 2 aliphatic heterocycles. The van der Waals surface area contributed by atoms with Crippen molar-refractivity contribution < 1.29 is 18.5 Å². The molecule has 4 aliphatic rings. The Bertz CT molecular complexity index is 1840. The number of benzene rings is 2. The maximum Gasteiger partial charge on any atom is 0.262 e. The van der Waals surface area contributed by atoms with Crippen LogP contribution >= 0.6 is 11.6 Å². The van der Waals surface area contributed by atoms with Crippen LogP contribution in [0.3, 0.4) is 0 Å². The second-order valence-electron chi connectivity index (χ2n) is 14.3. The van der Waals surface area contributed by atoms with E-state index in [1.54, 1.807) is 19.4 Å². The Kier molecular flexibility index (Phi) is 8.84. The summed E-state index contributed by atoms with van der Waals surface area (Å²) >= 11 is 6.47. The highest BCUT2D eigenvalue weighted by molar-refractivity contribution is 7.99. The van der Waals surface area contributed by atoms with Crippen LogP contribution in [0.15, 0.2) is 66.9 Å². The number of rotatable bonds is 2. The number of ether oxygens (including phenoxy) is 2. The molecule has 10 heteroatoms. The van der Waals surface area contributed by atoms with Gasteiger partial charge in [0.15, 0.2) is 0 Å². The summed E-state index contributed by atoms with van der Waals surface area (Å²) in [6.45, 7) is 5.94. The van der Waals surface area contributed by atoms with Crippen LogP contribution in [0.2, 0.25) is 5.02 Å². The van der Waals surface area contributed by atoms with E-state index in [0.29, 0.717) is 18.6 Å². The molecule has 1 spiro atoms. The van der Waals surface area contributed by atoms with Crippen LogP contribution in [-0.2, 0) is 31.9 Å². The maximum absolute atomic E-state index is 13.9. The lowest BCUT2D eigenvalue weighted by molar-refractivity contribution is -0.0836. The van der Waals surface area contributed by atoms with Gasteiger partial charge in [0.05, 0.1) is 27.7 Å². The number of fused-ring (bicyclic) bond motifs is 4. The van der Waals surface area contributed by atoms with Crippen molar-refractivity contribution in [1.29, 1.82) is 0 Å². The first kappa shape index (κ1) is 33.1. The summed E-state index contributed by atoms with van der Waals surface area (Å²) in [7, 11) is -1.21. The number of carbonyl (C=O) groups excluding carboxylic acids is 1. The number of aromatic nitrogens is 2. The first-order chi connectivity index (χ1) is 23.0. The highest BCUT2D eigenvalue weighted by Gasteiger charge is 2.50. The smallest absolute Gasteiger partial charge is 0.262 e. The molecule has 2 aliphatic carbocycles. The van der Waals surface area contributed by atoms with Gasteiger partial charge in [-0.1, -0.05) is 36.7 Å². The van der Waals surface area contributed by atoms with Crippen LogP contribution in [0.4, 0.5) is 5.69 Å². The SMILES string of the molecule is C=S1(=O)NC(=O)c2ccc3c(c2)N(C[C@@H]2CC[C@H]2[C@](OC)(c2cccnn2)/C=C/C[C@H](C)[C@H]1C)C[C@@]1(CCCc2cc(Cl)ccc21)CO3. The molecule has 1 unspecified atom stereocenters. The van der Waals surface area contributed by atoms with E-state index < -0.39 is 21.2 Å². The Morgan fingerprint density at radius 3 is 2.77 bits per heavy atom. The topological polar surface area (TPSA) is 93.7 Å². The molecule has 254 valence electrons. The second kappa shape index (κ2) is 12.8. The lowest BCUT2D eigenvalue weighted by atomic mass is 9.62. The van der Waals surface area contributed by atoms with Crippen molar-refractivity contribution in [2.75, 3.05) is 31.7 Å². The molecule has 1 amide bonds. The molecule has 48 heavy (non-hydrogen) atoms. The molecular weight excluding hydrogens is 644 g/mol. The van der Waals surface area contributed by atoms with Crippen LogP contribution in [0.25, 0.3) is 0 Å². The van der Waals surface area contributed by atoms with Crippen molar-refractivity contribution in [2.45, 2.75) is 68.6 Å². The molecule has 1 N–H and O–H groups in total. The first-order valence-electron chi connectivity index (χ1n) is 17.1. The Hall–Kier alpha value is -3.40. The van der Waals surface area contributed by atoms with E-state index in [4.69, 9.17) is 21.1 Å². The van der Waals surface area contributed by atoms with Crippen molar-refractivity contribution in [3.8, 4) is 5.75 Å². The average Bonchev–Trinajstić information content (AvgIpc) is 3.22. The molecule has 7 atom stereocenters. The number of methoxy groups -OCH3 is 1. The highest BCUT2D eigenvalue weighted by Crippen LogP contribution is 2.51. The van der Waals surface area contributed by atoms with Crippen LogP contribution in [0, 0.1) is 17.8 Å². The second-order valence-corrected chi connectivity index (χ2v) is 17.2. The largest absolute Gasteiger partial charge is 0.490 e. The number of anilines is 1. The fourth-order valence-corrected chi connectivity index (χ4v) is 10.1. The number of nitrogens with zero attached hydrogens (tertiary/aromatic N) is 3. The van der Waals surface area contributed by atoms with Crippen LogP contribution in [0.1, 0.15) is 73.1 Å². The quantitative estimate of drug-likeness (QED) is 0.242. The fraction of sp³-hybridized carbons (Fsp3) is 0.474. The molecule has 1 saturated carbocycles. The van der Waals surface area contributed by atoms with Crippen molar-refractivity contribution in [3.05, 3.63) is 94.3 Å². The third-order valence-corrected chi connectivity index (χ3v) is 14.0. The lowest BCUT2D eigenvalue weighted by Crippen LogP contribution is -2.52. The van der Waals surface area contributed by atoms with E-state index in [1.165, 1.54) is 11.1 Å². The van der Waals surface area contributed by atoms with Gasteiger partial charge in [0.25, 0.3) is 5.91 Å². The van der Waals surface area contributed by atoms with Crippen LogP contribution in [-0.4, -0.2) is 58.2 Å². The van der Waals surface area contributed by atoms with Gasteiger partial charge in [-0.05, 0) is 117 Å². The minimum atomic E-state index is -2.97. The van der Waals surface area contributed by atoms with E-state index in [1.807, 2.05) is 44.2 Å². The minimum Gasteiger partial charge on any atom is -0.490 e. The van der Waals surface area contributed by atoms with Crippen molar-refractivity contribution >= 4 is 38.8 Å². The summed E-state index contributed by atoms with van der Waals surface area (Å²) in [5, 5.41) is 9.21. The van der Waals surface area contributed by atoms with Gasteiger partial charge in [-0.15, -0.1) is 0 Å². The normalized spacial score (nSPS) is 34.1. The van der Waals surface area contributed by atoms with E-state index in [9.17, 15) is 9.00 Å². The predicted molar refractivity (Wildman–Crippen MR) is 192 cm³/mol. The monoisotopic (exact) mass is 688 g/mol. The summed E-state index contributed by atoms with van der Waals surface area (Å²) in [5.41, 5.74) is 3.62. The molecule has 7 rings (SSSR count). The molecule has 2 bridgehead atoms. The van der Waals surface area contributed by atoms with Gasteiger partial charge in [-0.25, -0.2) is 4.21 Å². The van der Waals surface area contributed by atoms with E-state index in [2.05, 4.69) is 50.0 Å². The summed E-state index contributed by atoms with van der Waals surface area (Å²) < 4.78 is 29.9. The number of nitrogens with one attached hydrogen (secondary N) is 1. The van der Waals surface area contributed by atoms with Crippen LogP contribution in [0.5, 0.6) is 5.75 Å². The molecule has 0 radical (unpaired) electrons. The zero-order valence-corrected chi connectivity index (χ0v) is 29.6. The van der Waals surface area contributed by atoms with Gasteiger partial charge in [0.1, 0.15) is 11.4 Å². The zero-order chi connectivity index (χ0) is 33.7. The summed E-state index contributed by atoms with van der Waals surface area (Å²) in [6, 6.07) is 15.8. The number of amides is 1. The number of halogens is 1. The van der Waals surface area contributed by atoms with Crippen LogP contribution < -0.4 is 14.4 Å². The molecule has 1 aromatic heterocycles. The average molecular weight is 689 g/mol. The number of allylic oxidation sites excluding steroid dienone is 1. The van der Waals surface area contributed by atoms with Crippen molar-refractivity contribution in [3.63, 3.8) is 0 Å². The summed E-state index contributed by atoms with van der Waals surface area (Å²) in [5.74, 6) is 4.76.